The number of carbonyl (C=O) groups is 2. The number of amides is 1. The lowest BCUT2D eigenvalue weighted by molar-refractivity contribution is -0.146. The van der Waals surface area contributed by atoms with Gasteiger partial charge in [-0.05, 0) is 19.3 Å². The molecule has 2 atom stereocenters. The SMILES string of the molecule is CC(C)CC(CNC(=O)C(C)C(=O)O)N1CCOCC1. The maximum atomic E-state index is 11.7. The molecule has 116 valence electrons. The van der Waals surface area contributed by atoms with E-state index in [2.05, 4.69) is 24.1 Å². The molecule has 1 rings (SSSR count). The topological polar surface area (TPSA) is 78.9 Å². The number of nitrogens with one attached hydrogen (secondary N) is 1. The number of ether oxygens (including phenoxy) is 1. The average Bonchev–Trinajstić information content (AvgIpc) is 2.42. The maximum absolute atomic E-state index is 11.7. The van der Waals surface area contributed by atoms with Crippen LogP contribution in [0.25, 0.3) is 0 Å². The molecule has 1 fully saturated rings. The first-order valence-corrected chi connectivity index (χ1v) is 7.24. The summed E-state index contributed by atoms with van der Waals surface area (Å²) < 4.78 is 5.34. The number of hydrogen-bond donors (Lipinski definition) is 2. The smallest absolute Gasteiger partial charge is 0.315 e. The van der Waals surface area contributed by atoms with Crippen molar-refractivity contribution in [1.82, 2.24) is 10.2 Å². The summed E-state index contributed by atoms with van der Waals surface area (Å²) in [6.45, 7) is 9.36. The Bertz CT molecular complexity index is 327. The summed E-state index contributed by atoms with van der Waals surface area (Å²) in [5, 5.41) is 11.6. The fourth-order valence-electron chi connectivity index (χ4n) is 2.33. The molecule has 1 aliphatic rings. The molecule has 0 bridgehead atoms. The van der Waals surface area contributed by atoms with E-state index in [4.69, 9.17) is 9.84 Å². The number of aliphatic carboxylic acids is 1. The highest BCUT2D eigenvalue weighted by atomic mass is 16.5. The monoisotopic (exact) mass is 286 g/mol. The van der Waals surface area contributed by atoms with Crippen LogP contribution in [0.15, 0.2) is 0 Å². The summed E-state index contributed by atoms with van der Waals surface area (Å²) in [6.07, 6.45) is 0.974. The third-order valence-corrected chi connectivity index (χ3v) is 3.58. The van der Waals surface area contributed by atoms with E-state index in [9.17, 15) is 9.59 Å². The fraction of sp³-hybridized carbons (Fsp3) is 0.857. The molecule has 1 heterocycles. The first kappa shape index (κ1) is 16.9. The molecule has 0 spiro atoms. The fourth-order valence-corrected chi connectivity index (χ4v) is 2.33. The van der Waals surface area contributed by atoms with E-state index in [0.717, 1.165) is 19.5 Å². The third kappa shape index (κ3) is 5.46. The largest absolute Gasteiger partial charge is 0.481 e. The highest BCUT2D eigenvalue weighted by Crippen LogP contribution is 2.13. The van der Waals surface area contributed by atoms with Crippen LogP contribution < -0.4 is 5.32 Å². The van der Waals surface area contributed by atoms with Gasteiger partial charge in [-0.1, -0.05) is 13.8 Å². The summed E-state index contributed by atoms with van der Waals surface area (Å²) in [6, 6.07) is 0.240. The van der Waals surface area contributed by atoms with Crippen molar-refractivity contribution < 1.29 is 19.4 Å². The zero-order valence-corrected chi connectivity index (χ0v) is 12.6. The minimum atomic E-state index is -1.09. The van der Waals surface area contributed by atoms with Crippen LogP contribution in [0, 0.1) is 11.8 Å². The van der Waals surface area contributed by atoms with E-state index in [0.29, 0.717) is 25.7 Å². The molecule has 2 unspecified atom stereocenters. The van der Waals surface area contributed by atoms with Crippen LogP contribution in [-0.4, -0.2) is 60.8 Å². The number of hydrogen-bond acceptors (Lipinski definition) is 4. The van der Waals surface area contributed by atoms with Crippen molar-refractivity contribution in [3.8, 4) is 0 Å². The molecule has 1 aliphatic heterocycles. The van der Waals surface area contributed by atoms with Gasteiger partial charge in [-0.2, -0.15) is 0 Å². The second-order valence-corrected chi connectivity index (χ2v) is 5.74. The van der Waals surface area contributed by atoms with Gasteiger partial charge in [-0.25, -0.2) is 0 Å². The zero-order valence-electron chi connectivity index (χ0n) is 12.6. The van der Waals surface area contributed by atoms with Gasteiger partial charge in [0.05, 0.1) is 13.2 Å². The Hall–Kier alpha value is -1.14. The number of nitrogens with zero attached hydrogens (tertiary/aromatic N) is 1. The number of rotatable bonds is 7. The zero-order chi connectivity index (χ0) is 15.1. The lowest BCUT2D eigenvalue weighted by atomic mass is 10.0. The first-order valence-electron chi connectivity index (χ1n) is 7.24. The van der Waals surface area contributed by atoms with Crippen LogP contribution in [0.1, 0.15) is 27.2 Å². The Morgan fingerprint density at radius 1 is 1.25 bits per heavy atom. The Kier molecular flexibility index (Phi) is 6.95. The third-order valence-electron chi connectivity index (χ3n) is 3.58. The Morgan fingerprint density at radius 3 is 2.35 bits per heavy atom. The standard InChI is InChI=1S/C14H26N2O4/c1-10(2)8-12(16-4-6-20-7-5-16)9-15-13(17)11(3)14(18)19/h10-12H,4-9H2,1-3H3,(H,15,17)(H,18,19). The lowest BCUT2D eigenvalue weighted by Gasteiger charge is -2.35. The molecule has 0 radical (unpaired) electrons. The van der Waals surface area contributed by atoms with Crippen molar-refractivity contribution in [1.29, 1.82) is 0 Å². The summed E-state index contributed by atoms with van der Waals surface area (Å²) in [5.74, 6) is -1.98. The van der Waals surface area contributed by atoms with Crippen molar-refractivity contribution in [3.05, 3.63) is 0 Å². The second-order valence-electron chi connectivity index (χ2n) is 5.74. The molecular formula is C14H26N2O4. The molecule has 0 saturated carbocycles. The van der Waals surface area contributed by atoms with Gasteiger partial charge >= 0.3 is 5.97 Å². The second kappa shape index (κ2) is 8.21. The lowest BCUT2D eigenvalue weighted by Crippen LogP contribution is -2.50. The van der Waals surface area contributed by atoms with Crippen LogP contribution in [0.4, 0.5) is 0 Å². The summed E-state index contributed by atoms with van der Waals surface area (Å²) in [4.78, 5) is 24.8. The molecule has 6 nitrogen and oxygen atoms in total. The molecule has 6 heteroatoms. The number of carbonyl (C=O) groups excluding carboxylic acids is 1. The Balaban J connectivity index is 2.51. The van der Waals surface area contributed by atoms with E-state index < -0.39 is 17.8 Å². The van der Waals surface area contributed by atoms with Gasteiger partial charge in [0.2, 0.25) is 5.91 Å². The van der Waals surface area contributed by atoms with Crippen LogP contribution in [0.3, 0.4) is 0 Å². The Morgan fingerprint density at radius 2 is 1.85 bits per heavy atom. The van der Waals surface area contributed by atoms with E-state index in [-0.39, 0.29) is 6.04 Å². The van der Waals surface area contributed by atoms with Crippen molar-refractivity contribution in [2.45, 2.75) is 33.2 Å². The molecular weight excluding hydrogens is 260 g/mol. The minimum absolute atomic E-state index is 0.240. The maximum Gasteiger partial charge on any atom is 0.315 e. The summed E-state index contributed by atoms with van der Waals surface area (Å²) >= 11 is 0. The molecule has 0 aromatic rings. The van der Waals surface area contributed by atoms with Gasteiger partial charge < -0.3 is 15.2 Å². The van der Waals surface area contributed by atoms with Crippen LogP contribution in [0.5, 0.6) is 0 Å². The quantitative estimate of drug-likeness (QED) is 0.669. The van der Waals surface area contributed by atoms with Gasteiger partial charge in [0.1, 0.15) is 5.92 Å². The average molecular weight is 286 g/mol. The molecule has 0 aromatic carbocycles. The Labute approximate surface area is 120 Å². The first-order chi connectivity index (χ1) is 9.41. The predicted octanol–water partition coefficient (Wildman–Crippen LogP) is 0.570. The van der Waals surface area contributed by atoms with Crippen LogP contribution >= 0.6 is 0 Å². The van der Waals surface area contributed by atoms with Gasteiger partial charge in [0.15, 0.2) is 0 Å². The predicted molar refractivity (Wildman–Crippen MR) is 75.4 cm³/mol. The van der Waals surface area contributed by atoms with Crippen LogP contribution in [-0.2, 0) is 14.3 Å². The molecule has 1 amide bonds. The van der Waals surface area contributed by atoms with Crippen LogP contribution in [0.2, 0.25) is 0 Å². The molecule has 0 aliphatic carbocycles. The van der Waals surface area contributed by atoms with E-state index in [1.54, 1.807) is 0 Å². The summed E-state index contributed by atoms with van der Waals surface area (Å²) in [5.41, 5.74) is 0. The number of carboxylic acids is 1. The van der Waals surface area contributed by atoms with Gasteiger partial charge in [0.25, 0.3) is 0 Å². The van der Waals surface area contributed by atoms with Crippen molar-refractivity contribution >= 4 is 11.9 Å². The molecule has 0 aromatic heterocycles. The van der Waals surface area contributed by atoms with Crippen molar-refractivity contribution in [2.24, 2.45) is 11.8 Å². The van der Waals surface area contributed by atoms with Gasteiger partial charge in [-0.15, -0.1) is 0 Å². The molecule has 1 saturated heterocycles. The molecule has 20 heavy (non-hydrogen) atoms. The highest BCUT2D eigenvalue weighted by molar-refractivity contribution is 5.96. The number of morpholine rings is 1. The van der Waals surface area contributed by atoms with Gasteiger partial charge in [0, 0.05) is 25.7 Å². The van der Waals surface area contributed by atoms with Gasteiger partial charge in [-0.3, -0.25) is 14.5 Å². The highest BCUT2D eigenvalue weighted by Gasteiger charge is 2.25. The molecule has 2 N–H and O–H groups in total. The summed E-state index contributed by atoms with van der Waals surface area (Å²) in [7, 11) is 0. The van der Waals surface area contributed by atoms with E-state index in [1.165, 1.54) is 6.92 Å². The van der Waals surface area contributed by atoms with E-state index in [1.807, 2.05) is 0 Å². The normalized spacial score (nSPS) is 19.6. The minimum Gasteiger partial charge on any atom is -0.481 e. The number of carboxylic acid groups (broad SMARTS) is 1. The van der Waals surface area contributed by atoms with Crippen molar-refractivity contribution in [3.63, 3.8) is 0 Å². The van der Waals surface area contributed by atoms with E-state index >= 15 is 0 Å². The van der Waals surface area contributed by atoms with Crippen molar-refractivity contribution in [2.75, 3.05) is 32.8 Å².